The Labute approximate surface area is 250 Å². The minimum Gasteiger partial charge on any atom is -0.445 e. The third kappa shape index (κ3) is 28.2. The van der Waals surface area contributed by atoms with Crippen molar-refractivity contribution < 1.29 is 56.9 Å². The van der Waals surface area contributed by atoms with Crippen LogP contribution in [0.3, 0.4) is 0 Å². The van der Waals surface area contributed by atoms with Gasteiger partial charge in [-0.25, -0.2) is 4.79 Å². The van der Waals surface area contributed by atoms with E-state index in [0.717, 1.165) is 5.56 Å². The molecule has 244 valence electrons. The van der Waals surface area contributed by atoms with Gasteiger partial charge in [-0.05, 0) is 5.56 Å². The molecule has 0 saturated heterocycles. The van der Waals surface area contributed by atoms with Crippen LogP contribution in [0.25, 0.3) is 0 Å². The SMILES string of the molecule is COCCOCCOCCOCCOCCOCCOCCOCCOCCOCCNC(=O)OCc1ccccc1. The zero-order chi connectivity index (χ0) is 30.0. The quantitative estimate of drug-likeness (QED) is 0.120. The third-order valence-electron chi connectivity index (χ3n) is 5.14. The highest BCUT2D eigenvalue weighted by atomic mass is 16.6. The van der Waals surface area contributed by atoms with E-state index in [9.17, 15) is 4.79 Å². The van der Waals surface area contributed by atoms with Crippen LogP contribution in [0, 0.1) is 0 Å². The largest absolute Gasteiger partial charge is 0.445 e. The molecule has 13 nitrogen and oxygen atoms in total. The van der Waals surface area contributed by atoms with Gasteiger partial charge in [0.25, 0.3) is 0 Å². The molecule has 0 heterocycles. The molecule has 0 spiro atoms. The zero-order valence-electron chi connectivity index (χ0n) is 25.1. The summed E-state index contributed by atoms with van der Waals surface area (Å²) in [7, 11) is 1.64. The van der Waals surface area contributed by atoms with Gasteiger partial charge in [0.1, 0.15) is 6.61 Å². The summed E-state index contributed by atoms with van der Waals surface area (Å²) in [6.07, 6.45) is -0.467. The summed E-state index contributed by atoms with van der Waals surface area (Å²) in [5.41, 5.74) is 0.939. The predicted octanol–water partition coefficient (Wildman–Crippen LogP) is 1.71. The van der Waals surface area contributed by atoms with Crippen molar-refractivity contribution in [1.29, 1.82) is 0 Å². The molecule has 0 fully saturated rings. The molecule has 0 radical (unpaired) electrons. The van der Waals surface area contributed by atoms with E-state index < -0.39 is 6.09 Å². The summed E-state index contributed by atoms with van der Waals surface area (Å²) >= 11 is 0. The topological polar surface area (TPSA) is 131 Å². The minimum absolute atomic E-state index is 0.240. The molecule has 1 aromatic carbocycles. The second-order valence-electron chi connectivity index (χ2n) is 8.49. The first kappa shape index (κ1) is 38.1. The number of benzene rings is 1. The normalized spacial score (nSPS) is 11.2. The molecule has 1 aromatic rings. The van der Waals surface area contributed by atoms with E-state index in [2.05, 4.69) is 5.32 Å². The Balaban J connectivity index is 1.65. The van der Waals surface area contributed by atoms with Gasteiger partial charge in [-0.1, -0.05) is 30.3 Å². The second kappa shape index (κ2) is 32.0. The second-order valence-corrected chi connectivity index (χ2v) is 8.49. The Morgan fingerprint density at radius 1 is 0.500 bits per heavy atom. The molecule has 0 aliphatic heterocycles. The number of ether oxygens (including phenoxy) is 11. The number of rotatable bonds is 32. The number of methoxy groups -OCH3 is 1. The van der Waals surface area contributed by atoms with Gasteiger partial charge >= 0.3 is 6.09 Å². The molecule has 0 saturated carbocycles. The van der Waals surface area contributed by atoms with Gasteiger partial charge in [0.2, 0.25) is 0 Å². The third-order valence-corrected chi connectivity index (χ3v) is 5.14. The first-order valence-corrected chi connectivity index (χ1v) is 14.5. The van der Waals surface area contributed by atoms with Crippen molar-refractivity contribution in [3.8, 4) is 0 Å². The van der Waals surface area contributed by atoms with Gasteiger partial charge in [-0.2, -0.15) is 0 Å². The Bertz CT molecular complexity index is 686. The van der Waals surface area contributed by atoms with Crippen LogP contribution in [-0.4, -0.2) is 145 Å². The molecule has 1 amide bonds. The maximum atomic E-state index is 11.6. The number of alkyl carbamates (subject to hydrolysis) is 1. The predicted molar refractivity (Wildman–Crippen MR) is 154 cm³/mol. The van der Waals surface area contributed by atoms with Crippen LogP contribution in [-0.2, 0) is 58.7 Å². The average Bonchev–Trinajstić information content (AvgIpc) is 3.01. The summed E-state index contributed by atoms with van der Waals surface area (Å²) in [4.78, 5) is 11.6. The lowest BCUT2D eigenvalue weighted by atomic mass is 10.2. The molecular weight excluding hydrogens is 554 g/mol. The summed E-state index contributed by atoms with van der Waals surface area (Å²) in [6, 6.07) is 9.51. The van der Waals surface area contributed by atoms with Crippen LogP contribution in [0.1, 0.15) is 5.56 Å². The molecule has 42 heavy (non-hydrogen) atoms. The van der Waals surface area contributed by atoms with Crippen molar-refractivity contribution >= 4 is 6.09 Å². The molecule has 0 unspecified atom stereocenters. The summed E-state index contributed by atoms with van der Waals surface area (Å²) in [5, 5.41) is 2.64. The van der Waals surface area contributed by atoms with E-state index in [1.807, 2.05) is 30.3 Å². The molecule has 0 aromatic heterocycles. The minimum atomic E-state index is -0.467. The fourth-order valence-electron chi connectivity index (χ4n) is 3.00. The van der Waals surface area contributed by atoms with E-state index in [1.165, 1.54) is 0 Å². The van der Waals surface area contributed by atoms with Gasteiger partial charge in [0, 0.05) is 13.7 Å². The summed E-state index contributed by atoms with van der Waals surface area (Å²) in [5.74, 6) is 0. The molecule has 13 heteroatoms. The molecule has 1 N–H and O–H groups in total. The van der Waals surface area contributed by atoms with Crippen molar-refractivity contribution in [2.45, 2.75) is 6.61 Å². The lowest BCUT2D eigenvalue weighted by molar-refractivity contribution is -0.0258. The van der Waals surface area contributed by atoms with Crippen LogP contribution in [0.15, 0.2) is 30.3 Å². The van der Waals surface area contributed by atoms with E-state index in [0.29, 0.717) is 132 Å². The van der Waals surface area contributed by atoms with Gasteiger partial charge in [-0.3, -0.25) is 0 Å². The van der Waals surface area contributed by atoms with Crippen LogP contribution in [0.2, 0.25) is 0 Å². The number of carbonyl (C=O) groups excluding carboxylic acids is 1. The Hall–Kier alpha value is -1.91. The van der Waals surface area contributed by atoms with Crippen LogP contribution in [0.4, 0.5) is 4.79 Å². The molecule has 0 aliphatic rings. The Kier molecular flexibility index (Phi) is 29.1. The maximum absolute atomic E-state index is 11.6. The highest BCUT2D eigenvalue weighted by molar-refractivity contribution is 5.67. The number of hydrogen-bond donors (Lipinski definition) is 1. The van der Waals surface area contributed by atoms with Gasteiger partial charge < -0.3 is 57.4 Å². The zero-order valence-corrected chi connectivity index (χ0v) is 25.1. The molecule has 0 atom stereocenters. The molecule has 0 bridgehead atoms. The number of hydrogen-bond acceptors (Lipinski definition) is 12. The fraction of sp³-hybridized carbons (Fsp3) is 0.759. The Morgan fingerprint density at radius 3 is 1.19 bits per heavy atom. The van der Waals surface area contributed by atoms with Crippen molar-refractivity contribution in [2.75, 3.05) is 139 Å². The first-order valence-electron chi connectivity index (χ1n) is 14.5. The van der Waals surface area contributed by atoms with Crippen molar-refractivity contribution in [1.82, 2.24) is 5.32 Å². The molecule has 1 rings (SSSR count). The van der Waals surface area contributed by atoms with E-state index in [4.69, 9.17) is 52.1 Å². The van der Waals surface area contributed by atoms with Crippen molar-refractivity contribution in [3.63, 3.8) is 0 Å². The number of carbonyl (C=O) groups is 1. The number of nitrogens with one attached hydrogen (secondary N) is 1. The summed E-state index contributed by atoms with van der Waals surface area (Å²) < 4.78 is 58.8. The van der Waals surface area contributed by atoms with Crippen LogP contribution < -0.4 is 5.32 Å². The average molecular weight is 606 g/mol. The molecule has 0 aliphatic carbocycles. The standard InChI is InChI=1S/C29H51NO12/c1-32-9-10-34-13-14-36-17-18-38-21-22-40-25-26-41-24-23-39-20-19-37-16-15-35-12-11-33-8-7-30-29(31)42-27-28-5-3-2-4-6-28/h2-6H,7-27H2,1H3,(H,30,31). The lowest BCUT2D eigenvalue weighted by Crippen LogP contribution is -2.28. The lowest BCUT2D eigenvalue weighted by Gasteiger charge is -2.09. The van der Waals surface area contributed by atoms with Crippen molar-refractivity contribution in [2.24, 2.45) is 0 Å². The van der Waals surface area contributed by atoms with E-state index in [-0.39, 0.29) is 6.61 Å². The van der Waals surface area contributed by atoms with Crippen LogP contribution >= 0.6 is 0 Å². The van der Waals surface area contributed by atoms with Crippen LogP contribution in [0.5, 0.6) is 0 Å². The first-order chi connectivity index (χ1) is 20.8. The van der Waals surface area contributed by atoms with E-state index >= 15 is 0 Å². The van der Waals surface area contributed by atoms with Gasteiger partial charge in [0.15, 0.2) is 0 Å². The monoisotopic (exact) mass is 605 g/mol. The Morgan fingerprint density at radius 2 is 0.833 bits per heavy atom. The van der Waals surface area contributed by atoms with E-state index in [1.54, 1.807) is 7.11 Å². The maximum Gasteiger partial charge on any atom is 0.407 e. The number of amides is 1. The van der Waals surface area contributed by atoms with Gasteiger partial charge in [-0.15, -0.1) is 0 Å². The van der Waals surface area contributed by atoms with Gasteiger partial charge in [0.05, 0.1) is 126 Å². The summed E-state index contributed by atoms with van der Waals surface area (Å²) in [6.45, 7) is 10.2. The highest BCUT2D eigenvalue weighted by Crippen LogP contribution is 2.00. The molecular formula is C29H51NO12. The highest BCUT2D eigenvalue weighted by Gasteiger charge is 2.02. The van der Waals surface area contributed by atoms with Crippen molar-refractivity contribution in [3.05, 3.63) is 35.9 Å². The fourth-order valence-corrected chi connectivity index (χ4v) is 3.00. The smallest absolute Gasteiger partial charge is 0.407 e.